The number of carbonyl (C=O) groups excluding carboxylic acids is 1. The minimum atomic E-state index is -3.48. The Morgan fingerprint density at radius 3 is 2.44 bits per heavy atom. The molecule has 0 saturated carbocycles. The summed E-state index contributed by atoms with van der Waals surface area (Å²) in [6.45, 7) is 0. The lowest BCUT2D eigenvalue weighted by Crippen LogP contribution is -2.15. The summed E-state index contributed by atoms with van der Waals surface area (Å²) < 4.78 is 37.0. The second-order valence-electron chi connectivity index (χ2n) is 5.82. The molecule has 3 rings (SSSR count). The first-order chi connectivity index (χ1) is 11.8. The molecule has 4 nitrogen and oxygen atoms in total. The number of nitrogens with one attached hydrogen (secondary N) is 1. The summed E-state index contributed by atoms with van der Waals surface area (Å²) in [5, 5.41) is 4.52. The van der Waals surface area contributed by atoms with Crippen LogP contribution in [-0.2, 0) is 21.1 Å². The predicted molar refractivity (Wildman–Crippen MR) is 95.8 cm³/mol. The molecule has 0 heterocycles. The molecular formula is C19H16FNO3S. The smallest absolute Gasteiger partial charge is 0.228 e. The van der Waals surface area contributed by atoms with E-state index in [2.05, 4.69) is 5.32 Å². The maximum absolute atomic E-state index is 13.9. The minimum absolute atomic E-state index is 0.0464. The van der Waals surface area contributed by atoms with Gasteiger partial charge in [0.25, 0.3) is 0 Å². The van der Waals surface area contributed by atoms with Crippen LogP contribution in [-0.4, -0.2) is 20.6 Å². The van der Waals surface area contributed by atoms with Gasteiger partial charge in [0.1, 0.15) is 5.82 Å². The van der Waals surface area contributed by atoms with Gasteiger partial charge in [-0.05, 0) is 34.5 Å². The zero-order valence-electron chi connectivity index (χ0n) is 13.5. The third-order valence-electron chi connectivity index (χ3n) is 3.82. The van der Waals surface area contributed by atoms with Crippen LogP contribution >= 0.6 is 0 Å². The normalized spacial score (nSPS) is 11.4. The SMILES string of the molecule is CS(=O)(=O)c1ccc(F)c(NC(=O)Cc2ccc3ccccc3c2)c1. The van der Waals surface area contributed by atoms with Crippen molar-refractivity contribution >= 4 is 32.2 Å². The van der Waals surface area contributed by atoms with Crippen LogP contribution in [0.15, 0.2) is 65.6 Å². The van der Waals surface area contributed by atoms with Crippen molar-refractivity contribution in [1.82, 2.24) is 0 Å². The highest BCUT2D eigenvalue weighted by Crippen LogP contribution is 2.20. The molecule has 1 amide bonds. The standard InChI is InChI=1S/C19H16FNO3S/c1-25(23,24)16-8-9-17(20)18(12-16)21-19(22)11-13-6-7-14-4-2-3-5-15(14)10-13/h2-10,12H,11H2,1H3,(H,21,22). The number of carbonyl (C=O) groups is 1. The Hall–Kier alpha value is -2.73. The van der Waals surface area contributed by atoms with Gasteiger partial charge in [-0.1, -0.05) is 42.5 Å². The van der Waals surface area contributed by atoms with E-state index < -0.39 is 21.6 Å². The van der Waals surface area contributed by atoms with Gasteiger partial charge in [-0.15, -0.1) is 0 Å². The third-order valence-corrected chi connectivity index (χ3v) is 4.93. The molecule has 0 aliphatic carbocycles. The summed E-state index contributed by atoms with van der Waals surface area (Å²) in [4.78, 5) is 12.2. The number of fused-ring (bicyclic) bond motifs is 1. The number of anilines is 1. The average Bonchev–Trinajstić information content (AvgIpc) is 2.55. The summed E-state index contributed by atoms with van der Waals surface area (Å²) in [7, 11) is -3.48. The van der Waals surface area contributed by atoms with E-state index in [1.165, 1.54) is 6.07 Å². The first kappa shape index (κ1) is 17.1. The van der Waals surface area contributed by atoms with Crippen molar-refractivity contribution in [3.8, 4) is 0 Å². The van der Waals surface area contributed by atoms with Gasteiger partial charge in [-0.25, -0.2) is 12.8 Å². The van der Waals surface area contributed by atoms with E-state index in [0.29, 0.717) is 0 Å². The molecule has 0 aliphatic heterocycles. The molecule has 6 heteroatoms. The fourth-order valence-corrected chi connectivity index (χ4v) is 3.21. The molecule has 0 radical (unpaired) electrons. The average molecular weight is 357 g/mol. The van der Waals surface area contributed by atoms with Crippen LogP contribution in [0, 0.1) is 5.82 Å². The monoisotopic (exact) mass is 357 g/mol. The lowest BCUT2D eigenvalue weighted by Gasteiger charge is -2.09. The number of hydrogen-bond donors (Lipinski definition) is 1. The summed E-state index contributed by atoms with van der Waals surface area (Å²) >= 11 is 0. The van der Waals surface area contributed by atoms with Crippen LogP contribution in [0.5, 0.6) is 0 Å². The van der Waals surface area contributed by atoms with Crippen molar-refractivity contribution < 1.29 is 17.6 Å². The van der Waals surface area contributed by atoms with Crippen molar-refractivity contribution in [2.45, 2.75) is 11.3 Å². The molecule has 0 spiro atoms. The Kier molecular flexibility index (Phi) is 4.55. The van der Waals surface area contributed by atoms with E-state index in [0.717, 1.165) is 34.7 Å². The molecule has 0 saturated heterocycles. The van der Waals surface area contributed by atoms with E-state index in [1.807, 2.05) is 42.5 Å². The van der Waals surface area contributed by atoms with Crippen molar-refractivity contribution in [2.75, 3.05) is 11.6 Å². The van der Waals surface area contributed by atoms with Crippen molar-refractivity contribution in [3.63, 3.8) is 0 Å². The molecule has 0 aliphatic rings. The highest BCUT2D eigenvalue weighted by molar-refractivity contribution is 7.90. The number of amides is 1. The van der Waals surface area contributed by atoms with E-state index in [1.54, 1.807) is 0 Å². The van der Waals surface area contributed by atoms with Gasteiger partial charge in [-0.3, -0.25) is 4.79 Å². The highest BCUT2D eigenvalue weighted by atomic mass is 32.2. The summed E-state index contributed by atoms with van der Waals surface area (Å²) in [6.07, 6.45) is 1.09. The first-order valence-corrected chi connectivity index (χ1v) is 9.49. The molecule has 0 bridgehead atoms. The number of hydrogen-bond acceptors (Lipinski definition) is 3. The Balaban J connectivity index is 1.80. The first-order valence-electron chi connectivity index (χ1n) is 7.60. The summed E-state index contributed by atoms with van der Waals surface area (Å²) in [6, 6.07) is 16.8. The maximum atomic E-state index is 13.9. The number of benzene rings is 3. The van der Waals surface area contributed by atoms with Crippen molar-refractivity contribution in [3.05, 3.63) is 72.0 Å². The van der Waals surface area contributed by atoms with Gasteiger partial charge in [0.05, 0.1) is 17.0 Å². The van der Waals surface area contributed by atoms with E-state index in [-0.39, 0.29) is 17.0 Å². The zero-order chi connectivity index (χ0) is 18.0. The molecule has 0 unspecified atom stereocenters. The lowest BCUT2D eigenvalue weighted by molar-refractivity contribution is -0.115. The fourth-order valence-electron chi connectivity index (χ4n) is 2.56. The van der Waals surface area contributed by atoms with Gasteiger partial charge >= 0.3 is 0 Å². The number of rotatable bonds is 4. The van der Waals surface area contributed by atoms with Crippen LogP contribution in [0.3, 0.4) is 0 Å². The fraction of sp³-hybridized carbons (Fsp3) is 0.105. The molecule has 0 fully saturated rings. The van der Waals surface area contributed by atoms with Crippen molar-refractivity contribution in [1.29, 1.82) is 0 Å². The topological polar surface area (TPSA) is 63.2 Å². The van der Waals surface area contributed by atoms with Gasteiger partial charge in [-0.2, -0.15) is 0 Å². The van der Waals surface area contributed by atoms with Gasteiger partial charge in [0, 0.05) is 6.26 Å². The molecule has 25 heavy (non-hydrogen) atoms. The van der Waals surface area contributed by atoms with Crippen LogP contribution in [0.4, 0.5) is 10.1 Å². The van der Waals surface area contributed by atoms with Gasteiger partial charge in [0.2, 0.25) is 5.91 Å². The molecule has 1 N–H and O–H groups in total. The Morgan fingerprint density at radius 2 is 1.72 bits per heavy atom. The van der Waals surface area contributed by atoms with Crippen LogP contribution in [0.25, 0.3) is 10.8 Å². The largest absolute Gasteiger partial charge is 0.323 e. The summed E-state index contributed by atoms with van der Waals surface area (Å²) in [5.74, 6) is -1.10. The molecule has 128 valence electrons. The quantitative estimate of drug-likeness (QED) is 0.726. The Morgan fingerprint density at radius 1 is 1.00 bits per heavy atom. The van der Waals surface area contributed by atoms with E-state index >= 15 is 0 Å². The lowest BCUT2D eigenvalue weighted by atomic mass is 10.0. The molecule has 3 aromatic carbocycles. The van der Waals surface area contributed by atoms with Crippen LogP contribution in [0.1, 0.15) is 5.56 Å². The van der Waals surface area contributed by atoms with E-state index in [4.69, 9.17) is 0 Å². The Labute approximate surface area is 145 Å². The molecular weight excluding hydrogens is 341 g/mol. The summed E-state index contributed by atoms with van der Waals surface area (Å²) in [5.41, 5.74) is 0.643. The maximum Gasteiger partial charge on any atom is 0.228 e. The highest BCUT2D eigenvalue weighted by Gasteiger charge is 2.13. The van der Waals surface area contributed by atoms with Crippen LogP contribution in [0.2, 0.25) is 0 Å². The molecule has 0 atom stereocenters. The molecule has 3 aromatic rings. The van der Waals surface area contributed by atoms with Crippen molar-refractivity contribution in [2.24, 2.45) is 0 Å². The van der Waals surface area contributed by atoms with Gasteiger partial charge in [0.15, 0.2) is 9.84 Å². The van der Waals surface area contributed by atoms with Gasteiger partial charge < -0.3 is 5.32 Å². The van der Waals surface area contributed by atoms with E-state index in [9.17, 15) is 17.6 Å². The zero-order valence-corrected chi connectivity index (χ0v) is 14.3. The number of halogens is 1. The second kappa shape index (κ2) is 6.64. The predicted octanol–water partition coefficient (Wildman–Crippen LogP) is 3.56. The number of sulfone groups is 1. The third kappa shape index (κ3) is 4.03. The minimum Gasteiger partial charge on any atom is -0.323 e. The Bertz CT molecular complexity index is 1060. The second-order valence-corrected chi connectivity index (χ2v) is 7.84. The molecule has 0 aromatic heterocycles. The van der Waals surface area contributed by atoms with Crippen LogP contribution < -0.4 is 5.32 Å².